The van der Waals surface area contributed by atoms with E-state index in [2.05, 4.69) is 147 Å². The van der Waals surface area contributed by atoms with Gasteiger partial charge in [0.2, 0.25) is 0 Å². The molecule has 84 heavy (non-hydrogen) atoms. The van der Waals surface area contributed by atoms with Crippen molar-refractivity contribution in [1.29, 1.82) is 0 Å². The highest BCUT2D eigenvalue weighted by molar-refractivity contribution is 5.87. The van der Waals surface area contributed by atoms with E-state index in [-0.39, 0.29) is 21.7 Å². The predicted octanol–water partition coefficient (Wildman–Crippen LogP) is 9.79. The molecule has 4 aliphatic heterocycles. The molecule has 4 aromatic carbocycles. The quantitative estimate of drug-likeness (QED) is 0.0548. The summed E-state index contributed by atoms with van der Waals surface area (Å²) in [5, 5.41) is 44.4. The lowest BCUT2D eigenvalue weighted by Gasteiger charge is -2.28. The van der Waals surface area contributed by atoms with Crippen LogP contribution in [0.15, 0.2) is 68.5 Å². The molecule has 0 spiro atoms. The first-order valence-corrected chi connectivity index (χ1v) is 30.5. The number of hydrogen-bond donors (Lipinski definition) is 4. The maximum Gasteiger partial charge on any atom is 0.128 e. The Balaban J connectivity index is 0.000000241. The van der Waals surface area contributed by atoms with E-state index in [1.165, 1.54) is 22.3 Å². The minimum atomic E-state index is -0.0510. The first-order chi connectivity index (χ1) is 39.8. The van der Waals surface area contributed by atoms with Crippen molar-refractivity contribution < 1.29 is 39.4 Å². The number of phenolic OH excluding ortho intramolecular Hbond substituents is 4. The van der Waals surface area contributed by atoms with Crippen molar-refractivity contribution >= 4 is 24.9 Å². The largest absolute Gasteiger partial charge is 0.507 e. The van der Waals surface area contributed by atoms with Gasteiger partial charge in [-0.05, 0) is 68.2 Å². The van der Waals surface area contributed by atoms with Crippen molar-refractivity contribution in [3.8, 4) is 23.0 Å². The topological polar surface area (TPSA) is 180 Å². The smallest absolute Gasteiger partial charge is 0.128 e. The molecule has 460 valence electrons. The monoisotopic (exact) mass is 1160 g/mol. The van der Waals surface area contributed by atoms with Gasteiger partial charge < -0.3 is 39.4 Å². The summed E-state index contributed by atoms with van der Waals surface area (Å²) in [6.45, 7) is 43.6. The molecule has 0 radical (unpaired) electrons. The summed E-state index contributed by atoms with van der Waals surface area (Å²) >= 11 is 0. The van der Waals surface area contributed by atoms with Crippen molar-refractivity contribution in [3.05, 3.63) is 115 Å². The van der Waals surface area contributed by atoms with Gasteiger partial charge in [0.15, 0.2) is 0 Å². The average Bonchev–Trinajstić information content (AvgIpc) is 3.64. The molecule has 0 atom stereocenters. The fourth-order valence-electron chi connectivity index (χ4n) is 10.4. The van der Waals surface area contributed by atoms with Crippen LogP contribution in [0.4, 0.5) is 0 Å². The van der Waals surface area contributed by atoms with Gasteiger partial charge in [-0.3, -0.25) is 39.6 Å². The van der Waals surface area contributed by atoms with Crippen molar-refractivity contribution in [2.75, 3.05) is 131 Å². The van der Waals surface area contributed by atoms with E-state index < -0.39 is 0 Å². The van der Waals surface area contributed by atoms with Gasteiger partial charge in [-0.1, -0.05) is 107 Å². The Bertz CT molecular complexity index is 2500. The Morgan fingerprint density at radius 1 is 0.321 bits per heavy atom. The van der Waals surface area contributed by atoms with E-state index in [0.29, 0.717) is 75.4 Å². The number of hydrogen-bond acceptors (Lipinski definition) is 16. The van der Waals surface area contributed by atoms with Crippen LogP contribution < -0.4 is 0 Å². The number of benzene rings is 4. The van der Waals surface area contributed by atoms with Crippen LogP contribution in [0.3, 0.4) is 0 Å². The molecule has 4 aliphatic rings. The van der Waals surface area contributed by atoms with E-state index in [1.807, 2.05) is 24.3 Å². The highest BCUT2D eigenvalue weighted by Gasteiger charge is 2.25. The minimum Gasteiger partial charge on any atom is -0.507 e. The third kappa shape index (κ3) is 19.7. The van der Waals surface area contributed by atoms with E-state index in [4.69, 9.17) is 18.9 Å². The molecule has 4 fully saturated rings. The molecule has 0 bridgehead atoms. The van der Waals surface area contributed by atoms with Crippen molar-refractivity contribution in [2.24, 2.45) is 20.0 Å². The molecule has 0 amide bonds. The summed E-state index contributed by atoms with van der Waals surface area (Å²) in [6.07, 6.45) is 7.06. The molecular weight excluding hydrogens is 1060 g/mol. The summed E-state index contributed by atoms with van der Waals surface area (Å²) in [5.74, 6) is 1.16. The molecule has 4 saturated heterocycles. The molecule has 4 aromatic rings. The van der Waals surface area contributed by atoms with E-state index in [0.717, 1.165) is 150 Å². The van der Waals surface area contributed by atoms with Crippen LogP contribution in [-0.2, 0) is 66.8 Å². The Kier molecular flexibility index (Phi) is 23.7. The van der Waals surface area contributed by atoms with Gasteiger partial charge in [-0.2, -0.15) is 0 Å². The zero-order valence-electron chi connectivity index (χ0n) is 52.9. The first-order valence-electron chi connectivity index (χ1n) is 30.5. The van der Waals surface area contributed by atoms with E-state index in [9.17, 15) is 20.4 Å². The second-order valence-corrected chi connectivity index (χ2v) is 27.0. The summed E-state index contributed by atoms with van der Waals surface area (Å²) in [4.78, 5) is 27.7. The van der Waals surface area contributed by atoms with Crippen LogP contribution in [0.2, 0.25) is 0 Å². The maximum atomic E-state index is 11.1. The lowest BCUT2D eigenvalue weighted by molar-refractivity contribution is 0.0338. The molecule has 4 heterocycles. The Morgan fingerprint density at radius 3 is 0.667 bits per heavy atom. The lowest BCUT2D eigenvalue weighted by atomic mass is 9.84. The van der Waals surface area contributed by atoms with Crippen LogP contribution in [0.5, 0.6) is 23.0 Å². The normalized spacial score (nSPS) is 18.0. The zero-order chi connectivity index (χ0) is 60.7. The van der Waals surface area contributed by atoms with Crippen molar-refractivity contribution in [2.45, 2.75) is 131 Å². The predicted molar refractivity (Wildman–Crippen MR) is 341 cm³/mol. The molecule has 0 unspecified atom stereocenters. The summed E-state index contributed by atoms with van der Waals surface area (Å²) in [5.41, 5.74) is 11.1. The first kappa shape index (κ1) is 66.0. The highest BCUT2D eigenvalue weighted by atomic mass is 16.5. The summed E-state index contributed by atoms with van der Waals surface area (Å²) in [6, 6.07) is 16.6. The van der Waals surface area contributed by atoms with Crippen LogP contribution >= 0.6 is 0 Å². The lowest BCUT2D eigenvalue weighted by Crippen LogP contribution is -2.35. The molecule has 16 heteroatoms. The third-order valence-electron chi connectivity index (χ3n) is 16.0. The third-order valence-corrected chi connectivity index (χ3v) is 16.0. The Labute approximate surface area is 502 Å². The van der Waals surface area contributed by atoms with Gasteiger partial charge in [0.05, 0.1) is 79.0 Å². The zero-order valence-corrected chi connectivity index (χ0v) is 52.9. The highest BCUT2D eigenvalue weighted by Crippen LogP contribution is 2.36. The molecule has 8 rings (SSSR count). The van der Waals surface area contributed by atoms with Gasteiger partial charge in [0.1, 0.15) is 23.0 Å². The van der Waals surface area contributed by atoms with Crippen LogP contribution in [0.25, 0.3) is 0 Å². The summed E-state index contributed by atoms with van der Waals surface area (Å²) in [7, 11) is 0. The average molecular weight is 1160 g/mol. The minimum absolute atomic E-state index is 0.0510. The molecule has 4 N–H and O–H groups in total. The number of ether oxygens (including phenoxy) is 4. The van der Waals surface area contributed by atoms with Gasteiger partial charge in [0.25, 0.3) is 0 Å². The summed E-state index contributed by atoms with van der Waals surface area (Å²) < 4.78 is 22.0. The van der Waals surface area contributed by atoms with Crippen LogP contribution in [0.1, 0.15) is 150 Å². The number of aliphatic imine (C=N–C) groups is 4. The van der Waals surface area contributed by atoms with Crippen molar-refractivity contribution in [1.82, 2.24) is 19.6 Å². The second-order valence-electron chi connectivity index (χ2n) is 27.0. The number of phenols is 4. The fourth-order valence-corrected chi connectivity index (χ4v) is 10.4. The van der Waals surface area contributed by atoms with Crippen LogP contribution in [0, 0.1) is 0 Å². The molecule has 0 saturated carbocycles. The Morgan fingerprint density at radius 2 is 0.500 bits per heavy atom. The standard InChI is InChI=1S/2C34H50N4O4/c2*1-33(2,3)29-17-25(31(39)27(19-29)23-37-9-13-41-14-10-37)21-35-7-8-36-22-26-18-30(34(4,5)6)20-28(32(26)40)24-38-11-15-42-16-12-38/h2*17-22,39-40H,7-16,23-24H2,1-6H3. The van der Waals surface area contributed by atoms with Gasteiger partial charge >= 0.3 is 0 Å². The second kappa shape index (κ2) is 30.2. The number of aromatic hydroxyl groups is 4. The molecule has 0 aromatic heterocycles. The number of nitrogens with zero attached hydrogens (tertiary/aromatic N) is 8. The molecular formula is C68H100N8O8. The van der Waals surface area contributed by atoms with E-state index >= 15 is 0 Å². The fraction of sp³-hybridized carbons (Fsp3) is 0.588. The molecule has 0 aliphatic carbocycles. The SMILES string of the molecule is CC(C)(C)c1cc(C=NCCN=Cc2cc(C(C)(C)C)cc(CN3CCOCC3)c2O)c(O)c(CN2CCOCC2)c1.CC(C)(C)c1cc(C=NCCN=Cc2cc(C(C)(C)C)cc(CN3CCOCC3)c2O)c(O)c(CN2CCOCC2)c1. The van der Waals surface area contributed by atoms with Crippen molar-refractivity contribution in [3.63, 3.8) is 0 Å². The van der Waals surface area contributed by atoms with E-state index in [1.54, 1.807) is 24.9 Å². The van der Waals surface area contributed by atoms with Crippen LogP contribution in [-0.4, -0.2) is 196 Å². The van der Waals surface area contributed by atoms with Gasteiger partial charge in [0, 0.05) is 148 Å². The maximum absolute atomic E-state index is 11.1. The Hall–Kier alpha value is -5.56. The number of rotatable bonds is 18. The number of morpholine rings is 4. The molecule has 16 nitrogen and oxygen atoms in total. The van der Waals surface area contributed by atoms with Gasteiger partial charge in [-0.25, -0.2) is 0 Å². The van der Waals surface area contributed by atoms with Gasteiger partial charge in [-0.15, -0.1) is 0 Å².